The van der Waals surface area contributed by atoms with Crippen LogP contribution in [0.5, 0.6) is 0 Å². The lowest BCUT2D eigenvalue weighted by Gasteiger charge is -1.99. The molecule has 0 amide bonds. The second-order valence-corrected chi connectivity index (χ2v) is 4.55. The van der Waals surface area contributed by atoms with E-state index in [0.29, 0.717) is 37.0 Å². The third kappa shape index (κ3) is 3.08. The Morgan fingerprint density at radius 1 is 1.44 bits per heavy atom. The molecule has 0 aliphatic rings. The number of anilines is 1. The fourth-order valence-corrected chi connectivity index (χ4v) is 1.82. The van der Waals surface area contributed by atoms with E-state index in [1.807, 2.05) is 19.1 Å². The molecule has 2 aromatic rings. The summed E-state index contributed by atoms with van der Waals surface area (Å²) in [6, 6.07) is 5.50. The van der Waals surface area contributed by atoms with Crippen LogP contribution in [0.3, 0.4) is 0 Å². The lowest BCUT2D eigenvalue weighted by atomic mass is 10.2. The van der Waals surface area contributed by atoms with E-state index in [2.05, 4.69) is 26.1 Å². The zero-order chi connectivity index (χ0) is 13.0. The van der Waals surface area contributed by atoms with E-state index < -0.39 is 0 Å². The normalized spacial score (nSPS) is 10.8. The number of halogens is 1. The van der Waals surface area contributed by atoms with Crippen molar-refractivity contribution in [3.63, 3.8) is 0 Å². The van der Waals surface area contributed by atoms with Crippen LogP contribution in [0.15, 0.2) is 27.2 Å². The van der Waals surface area contributed by atoms with Gasteiger partial charge in [-0.05, 0) is 41.1 Å². The van der Waals surface area contributed by atoms with Gasteiger partial charge in [0, 0.05) is 28.8 Å². The Hall–Kier alpha value is -1.40. The van der Waals surface area contributed by atoms with E-state index in [4.69, 9.17) is 15.0 Å². The van der Waals surface area contributed by atoms with Crippen LogP contribution in [-0.2, 0) is 11.2 Å². The van der Waals surface area contributed by atoms with Gasteiger partial charge in [0.25, 0.3) is 5.89 Å². The molecule has 2 N–H and O–H groups in total. The molecule has 18 heavy (non-hydrogen) atoms. The molecule has 2 rings (SSSR count). The third-order valence-electron chi connectivity index (χ3n) is 2.39. The summed E-state index contributed by atoms with van der Waals surface area (Å²) in [6.07, 6.45) is 0.646. The molecule has 0 bridgehead atoms. The molecule has 1 heterocycles. The van der Waals surface area contributed by atoms with Gasteiger partial charge < -0.3 is 15.0 Å². The summed E-state index contributed by atoms with van der Waals surface area (Å²) in [5, 5.41) is 3.90. The van der Waals surface area contributed by atoms with Crippen LogP contribution in [0.2, 0.25) is 0 Å². The van der Waals surface area contributed by atoms with Crippen LogP contribution in [-0.4, -0.2) is 23.4 Å². The highest BCUT2D eigenvalue weighted by molar-refractivity contribution is 9.10. The quantitative estimate of drug-likeness (QED) is 0.678. The molecule has 0 aliphatic heterocycles. The number of rotatable bonds is 5. The molecule has 0 saturated heterocycles. The predicted molar refractivity (Wildman–Crippen MR) is 72.0 cm³/mol. The molecule has 0 unspecified atom stereocenters. The van der Waals surface area contributed by atoms with Crippen molar-refractivity contribution in [2.45, 2.75) is 13.3 Å². The van der Waals surface area contributed by atoms with Crippen molar-refractivity contribution in [3.05, 3.63) is 28.5 Å². The monoisotopic (exact) mass is 311 g/mol. The summed E-state index contributed by atoms with van der Waals surface area (Å²) in [6.45, 7) is 3.24. The number of nitrogen functional groups attached to an aromatic ring is 1. The minimum absolute atomic E-state index is 0.488. The van der Waals surface area contributed by atoms with Gasteiger partial charge in [0.15, 0.2) is 5.82 Å². The largest absolute Gasteiger partial charge is 0.398 e. The molecule has 5 nitrogen and oxygen atoms in total. The first-order valence-electron chi connectivity index (χ1n) is 5.66. The maximum atomic E-state index is 5.72. The molecule has 0 saturated carbocycles. The van der Waals surface area contributed by atoms with Crippen LogP contribution >= 0.6 is 15.9 Å². The van der Waals surface area contributed by atoms with Gasteiger partial charge in [-0.1, -0.05) is 5.16 Å². The molecule has 96 valence electrons. The topological polar surface area (TPSA) is 74.2 Å². The fourth-order valence-electron chi connectivity index (χ4n) is 1.44. The standard InChI is InChI=1S/C12H14BrN3O2/c1-2-17-6-5-11-15-12(18-16-11)8-3-4-10(14)9(13)7-8/h3-4,7H,2,5-6,14H2,1H3. The van der Waals surface area contributed by atoms with Gasteiger partial charge >= 0.3 is 0 Å². The molecule has 0 spiro atoms. The van der Waals surface area contributed by atoms with E-state index in [1.54, 1.807) is 6.07 Å². The van der Waals surface area contributed by atoms with Crippen LogP contribution in [0, 0.1) is 0 Å². The zero-order valence-electron chi connectivity index (χ0n) is 10.0. The van der Waals surface area contributed by atoms with Gasteiger partial charge in [-0.3, -0.25) is 0 Å². The van der Waals surface area contributed by atoms with Crippen molar-refractivity contribution in [2.24, 2.45) is 0 Å². The third-order valence-corrected chi connectivity index (χ3v) is 3.08. The van der Waals surface area contributed by atoms with E-state index >= 15 is 0 Å². The molecule has 0 fully saturated rings. The highest BCUT2D eigenvalue weighted by atomic mass is 79.9. The summed E-state index contributed by atoms with van der Waals surface area (Å²) >= 11 is 3.37. The summed E-state index contributed by atoms with van der Waals surface area (Å²) in [7, 11) is 0. The van der Waals surface area contributed by atoms with E-state index in [9.17, 15) is 0 Å². The van der Waals surface area contributed by atoms with E-state index in [0.717, 1.165) is 10.0 Å². The molecule has 1 aromatic carbocycles. The van der Waals surface area contributed by atoms with Crippen molar-refractivity contribution in [1.29, 1.82) is 0 Å². The number of hydrogen-bond donors (Lipinski definition) is 1. The smallest absolute Gasteiger partial charge is 0.257 e. The van der Waals surface area contributed by atoms with Crippen LogP contribution in [0.25, 0.3) is 11.5 Å². The lowest BCUT2D eigenvalue weighted by Crippen LogP contribution is -1.99. The molecule has 0 aliphatic carbocycles. The Bertz CT molecular complexity index is 528. The molecular formula is C12H14BrN3O2. The van der Waals surface area contributed by atoms with E-state index in [1.165, 1.54) is 0 Å². The van der Waals surface area contributed by atoms with Crippen molar-refractivity contribution >= 4 is 21.6 Å². The fraction of sp³-hybridized carbons (Fsp3) is 0.333. The predicted octanol–water partition coefficient (Wildman–Crippen LogP) is 2.66. The van der Waals surface area contributed by atoms with Crippen molar-refractivity contribution in [1.82, 2.24) is 10.1 Å². The second-order valence-electron chi connectivity index (χ2n) is 3.70. The number of nitrogens with two attached hydrogens (primary N) is 1. The molecule has 0 atom stereocenters. The lowest BCUT2D eigenvalue weighted by molar-refractivity contribution is 0.149. The number of ether oxygens (including phenoxy) is 1. The first-order chi connectivity index (χ1) is 8.70. The average Bonchev–Trinajstić information content (AvgIpc) is 2.82. The van der Waals surface area contributed by atoms with Crippen molar-refractivity contribution in [3.8, 4) is 11.5 Å². The van der Waals surface area contributed by atoms with E-state index in [-0.39, 0.29) is 0 Å². The second kappa shape index (κ2) is 5.97. The maximum absolute atomic E-state index is 5.72. The minimum Gasteiger partial charge on any atom is -0.398 e. The summed E-state index contributed by atoms with van der Waals surface area (Å²) in [5.41, 5.74) is 7.24. The van der Waals surface area contributed by atoms with Gasteiger partial charge in [0.05, 0.1) is 6.61 Å². The Labute approximate surface area is 113 Å². The van der Waals surface area contributed by atoms with Gasteiger partial charge in [-0.25, -0.2) is 0 Å². The first kappa shape index (κ1) is 13.0. The maximum Gasteiger partial charge on any atom is 0.257 e. The Morgan fingerprint density at radius 3 is 3.00 bits per heavy atom. The zero-order valence-corrected chi connectivity index (χ0v) is 11.6. The minimum atomic E-state index is 0.488. The summed E-state index contributed by atoms with van der Waals surface area (Å²) in [4.78, 5) is 4.30. The molecular weight excluding hydrogens is 298 g/mol. The van der Waals surface area contributed by atoms with Crippen molar-refractivity contribution in [2.75, 3.05) is 18.9 Å². The molecule has 1 aromatic heterocycles. The van der Waals surface area contributed by atoms with Gasteiger partial charge in [0.2, 0.25) is 0 Å². The first-order valence-corrected chi connectivity index (χ1v) is 6.45. The molecule has 6 heteroatoms. The number of aromatic nitrogens is 2. The highest BCUT2D eigenvalue weighted by Gasteiger charge is 2.09. The Balaban J connectivity index is 2.11. The summed E-state index contributed by atoms with van der Waals surface area (Å²) < 4.78 is 11.3. The van der Waals surface area contributed by atoms with Gasteiger partial charge in [-0.15, -0.1) is 0 Å². The van der Waals surface area contributed by atoms with Gasteiger partial charge in [0.1, 0.15) is 0 Å². The van der Waals surface area contributed by atoms with Crippen LogP contribution in [0.4, 0.5) is 5.69 Å². The Morgan fingerprint density at radius 2 is 2.28 bits per heavy atom. The average molecular weight is 312 g/mol. The number of hydrogen-bond acceptors (Lipinski definition) is 5. The summed E-state index contributed by atoms with van der Waals surface area (Å²) in [5.74, 6) is 1.13. The Kier molecular flexibility index (Phi) is 4.33. The van der Waals surface area contributed by atoms with Crippen LogP contribution in [0.1, 0.15) is 12.7 Å². The van der Waals surface area contributed by atoms with Crippen LogP contribution < -0.4 is 5.73 Å². The number of benzene rings is 1. The SMILES string of the molecule is CCOCCc1noc(-c2ccc(N)c(Br)c2)n1. The van der Waals surface area contributed by atoms with Crippen molar-refractivity contribution < 1.29 is 9.26 Å². The molecule has 0 radical (unpaired) electrons. The number of nitrogens with zero attached hydrogens (tertiary/aromatic N) is 2. The van der Waals surface area contributed by atoms with Gasteiger partial charge in [-0.2, -0.15) is 4.98 Å². The highest BCUT2D eigenvalue weighted by Crippen LogP contribution is 2.26.